The van der Waals surface area contributed by atoms with E-state index in [0.29, 0.717) is 5.69 Å². The van der Waals surface area contributed by atoms with Gasteiger partial charge in [0.05, 0.1) is 21.5 Å². The number of carbonyl (C=O) groups excluding carboxylic acids is 2. The van der Waals surface area contributed by atoms with Crippen LogP contribution in [0, 0.1) is 27.2 Å². The Kier molecular flexibility index (Phi) is 5.64. The molecule has 10 heteroatoms. The first-order valence-corrected chi connectivity index (χ1v) is 10.1. The lowest BCUT2D eigenvalue weighted by Gasteiger charge is -2.25. The third-order valence-corrected chi connectivity index (χ3v) is 5.50. The smallest absolute Gasteiger partial charge is 0.300 e. The van der Waals surface area contributed by atoms with Crippen LogP contribution in [0.5, 0.6) is 0 Å². The molecule has 0 spiro atoms. The number of hydrogen-bond acceptors (Lipinski definition) is 7. The largest absolute Gasteiger partial charge is 0.507 e. The Morgan fingerprint density at radius 1 is 0.882 bits per heavy atom. The Hall–Kier alpha value is -4.86. The molecule has 0 saturated carbocycles. The third kappa shape index (κ3) is 3.88. The number of anilines is 1. The highest BCUT2D eigenvalue weighted by molar-refractivity contribution is 6.51. The molecule has 3 aromatic rings. The number of Topliss-reactive ketones (excluding diaryl/α,β-unsaturated/α-hetero) is 1. The number of rotatable bonds is 5. The summed E-state index contributed by atoms with van der Waals surface area (Å²) in [6, 6.07) is 15.9. The average molecular weight is 459 g/mol. The van der Waals surface area contributed by atoms with Crippen LogP contribution < -0.4 is 4.90 Å². The number of aryl methyl sites for hydroxylation is 1. The van der Waals surface area contributed by atoms with Gasteiger partial charge in [0.15, 0.2) is 0 Å². The van der Waals surface area contributed by atoms with Crippen LogP contribution in [0.3, 0.4) is 0 Å². The van der Waals surface area contributed by atoms with Crippen LogP contribution in [-0.4, -0.2) is 26.6 Å². The van der Waals surface area contributed by atoms with Gasteiger partial charge >= 0.3 is 0 Å². The van der Waals surface area contributed by atoms with Gasteiger partial charge in [-0.15, -0.1) is 0 Å². The molecule has 1 N–H and O–H groups in total. The van der Waals surface area contributed by atoms with Gasteiger partial charge in [0.2, 0.25) is 0 Å². The lowest BCUT2D eigenvalue weighted by Crippen LogP contribution is -2.29. The van der Waals surface area contributed by atoms with E-state index in [9.17, 15) is 34.9 Å². The van der Waals surface area contributed by atoms with Gasteiger partial charge in [0.25, 0.3) is 23.1 Å². The lowest BCUT2D eigenvalue weighted by molar-refractivity contribution is -0.385. The predicted octanol–water partition coefficient (Wildman–Crippen LogP) is 4.44. The van der Waals surface area contributed by atoms with E-state index in [4.69, 9.17) is 0 Å². The Labute approximate surface area is 192 Å². The van der Waals surface area contributed by atoms with Crippen molar-refractivity contribution < 1.29 is 24.5 Å². The fourth-order valence-corrected chi connectivity index (χ4v) is 3.82. The summed E-state index contributed by atoms with van der Waals surface area (Å²) in [5.74, 6) is -2.43. The van der Waals surface area contributed by atoms with Gasteiger partial charge in [0.1, 0.15) is 5.76 Å². The quantitative estimate of drug-likeness (QED) is 0.195. The van der Waals surface area contributed by atoms with Crippen molar-refractivity contribution in [2.45, 2.75) is 13.0 Å². The maximum absolute atomic E-state index is 13.1. The minimum absolute atomic E-state index is 0.0861. The molecule has 1 aliphatic heterocycles. The van der Waals surface area contributed by atoms with Crippen molar-refractivity contribution in [3.05, 3.63) is 115 Å². The number of nitrogens with zero attached hydrogens (tertiary/aromatic N) is 3. The first-order valence-electron chi connectivity index (χ1n) is 10.1. The normalized spacial score (nSPS) is 17.1. The summed E-state index contributed by atoms with van der Waals surface area (Å²) in [4.78, 5) is 48.5. The highest BCUT2D eigenvalue weighted by Gasteiger charge is 2.47. The Bertz CT molecular complexity index is 1360. The van der Waals surface area contributed by atoms with Crippen molar-refractivity contribution in [2.75, 3.05) is 4.90 Å². The number of hydrogen-bond donors (Lipinski definition) is 1. The Morgan fingerprint density at radius 3 is 2.09 bits per heavy atom. The number of carbonyl (C=O) groups is 2. The van der Waals surface area contributed by atoms with Crippen LogP contribution in [0.25, 0.3) is 5.76 Å². The van der Waals surface area contributed by atoms with Crippen LogP contribution in [0.4, 0.5) is 17.1 Å². The molecule has 0 aliphatic carbocycles. The van der Waals surface area contributed by atoms with Crippen molar-refractivity contribution in [3.8, 4) is 0 Å². The molecule has 1 fully saturated rings. The zero-order chi connectivity index (χ0) is 24.6. The molecule has 1 aliphatic rings. The van der Waals surface area contributed by atoms with Gasteiger partial charge in [-0.1, -0.05) is 29.8 Å². The Morgan fingerprint density at radius 2 is 1.50 bits per heavy atom. The minimum Gasteiger partial charge on any atom is -0.507 e. The molecule has 1 atom stereocenters. The molecule has 0 bridgehead atoms. The molecule has 1 amide bonds. The molecule has 0 aromatic heterocycles. The molecule has 1 saturated heterocycles. The van der Waals surface area contributed by atoms with E-state index in [1.54, 1.807) is 24.3 Å². The molecule has 34 heavy (non-hydrogen) atoms. The first kappa shape index (κ1) is 22.3. The zero-order valence-electron chi connectivity index (χ0n) is 17.7. The summed E-state index contributed by atoms with van der Waals surface area (Å²) < 4.78 is 0. The number of aliphatic hydroxyl groups excluding tert-OH is 1. The number of aliphatic hydroxyl groups is 1. The van der Waals surface area contributed by atoms with Gasteiger partial charge in [-0.25, -0.2) is 0 Å². The van der Waals surface area contributed by atoms with E-state index < -0.39 is 33.3 Å². The number of nitro benzene ring substituents is 2. The number of amides is 1. The third-order valence-electron chi connectivity index (χ3n) is 5.50. The summed E-state index contributed by atoms with van der Waals surface area (Å²) in [5, 5.41) is 33.3. The average Bonchev–Trinajstić information content (AvgIpc) is 3.09. The fourth-order valence-electron chi connectivity index (χ4n) is 3.82. The molecule has 4 rings (SSSR count). The van der Waals surface area contributed by atoms with Crippen molar-refractivity contribution in [3.63, 3.8) is 0 Å². The van der Waals surface area contributed by atoms with Crippen LogP contribution in [-0.2, 0) is 9.59 Å². The van der Waals surface area contributed by atoms with E-state index in [0.717, 1.165) is 17.7 Å². The maximum Gasteiger partial charge on any atom is 0.300 e. The summed E-state index contributed by atoms with van der Waals surface area (Å²) in [7, 11) is 0. The van der Waals surface area contributed by atoms with Gasteiger partial charge < -0.3 is 5.11 Å². The van der Waals surface area contributed by atoms with Crippen molar-refractivity contribution in [1.29, 1.82) is 0 Å². The van der Waals surface area contributed by atoms with Crippen LogP contribution in [0.15, 0.2) is 78.4 Å². The molecule has 0 radical (unpaired) electrons. The number of benzene rings is 3. The SMILES string of the molecule is Cc1ccc(N2C(=O)C(=O)C(=C(O)c3ccc([N+](=O)[O-])cc3)[C@H]2c2cccc([N+](=O)[O-])c2)cc1. The monoisotopic (exact) mass is 459 g/mol. The summed E-state index contributed by atoms with van der Waals surface area (Å²) >= 11 is 0. The van der Waals surface area contributed by atoms with Gasteiger partial charge in [-0.05, 0) is 36.8 Å². The Balaban J connectivity index is 1.94. The molecule has 0 unspecified atom stereocenters. The molecule has 1 heterocycles. The number of ketones is 1. The van der Waals surface area contributed by atoms with Crippen LogP contribution >= 0.6 is 0 Å². The second-order valence-electron chi connectivity index (χ2n) is 7.66. The number of non-ortho nitro benzene ring substituents is 2. The molecule has 3 aromatic carbocycles. The predicted molar refractivity (Wildman–Crippen MR) is 122 cm³/mol. The molecule has 10 nitrogen and oxygen atoms in total. The van der Waals surface area contributed by atoms with E-state index in [-0.39, 0.29) is 28.1 Å². The van der Waals surface area contributed by atoms with Gasteiger partial charge in [-0.2, -0.15) is 0 Å². The van der Waals surface area contributed by atoms with Crippen molar-refractivity contribution in [1.82, 2.24) is 0 Å². The topological polar surface area (TPSA) is 144 Å². The van der Waals surface area contributed by atoms with E-state index in [1.165, 1.54) is 41.3 Å². The van der Waals surface area contributed by atoms with Crippen molar-refractivity contribution in [2.24, 2.45) is 0 Å². The van der Waals surface area contributed by atoms with Crippen LogP contribution in [0.1, 0.15) is 22.7 Å². The van der Waals surface area contributed by atoms with Gasteiger partial charge in [-0.3, -0.25) is 34.7 Å². The zero-order valence-corrected chi connectivity index (χ0v) is 17.7. The van der Waals surface area contributed by atoms with Gasteiger partial charge in [0, 0.05) is 35.5 Å². The van der Waals surface area contributed by atoms with E-state index in [2.05, 4.69) is 0 Å². The maximum atomic E-state index is 13.1. The van der Waals surface area contributed by atoms with Crippen LogP contribution in [0.2, 0.25) is 0 Å². The standard InChI is InChI=1S/C24H17N3O7/c1-14-5-9-17(10-6-14)25-21(16-3-2-4-19(13-16)27(33)34)20(23(29)24(25)30)22(28)15-7-11-18(12-8-15)26(31)32/h2-13,21,28H,1H3/t21-/m1/s1. The van der Waals surface area contributed by atoms with E-state index >= 15 is 0 Å². The second-order valence-corrected chi connectivity index (χ2v) is 7.66. The van der Waals surface area contributed by atoms with E-state index in [1.807, 2.05) is 6.92 Å². The molecular formula is C24H17N3O7. The summed E-state index contributed by atoms with van der Waals surface area (Å²) in [6.45, 7) is 1.85. The second kappa shape index (κ2) is 8.58. The first-order chi connectivity index (χ1) is 16.2. The lowest BCUT2D eigenvalue weighted by atomic mass is 9.94. The van der Waals surface area contributed by atoms with Crippen molar-refractivity contribution >= 4 is 34.5 Å². The fraction of sp³-hybridized carbons (Fsp3) is 0.0833. The molecule has 170 valence electrons. The highest BCUT2D eigenvalue weighted by atomic mass is 16.6. The molecular weight excluding hydrogens is 442 g/mol. The minimum atomic E-state index is -1.15. The number of nitro groups is 2. The highest BCUT2D eigenvalue weighted by Crippen LogP contribution is 2.42. The summed E-state index contributed by atoms with van der Waals surface area (Å²) in [5.41, 5.74) is 0.875. The summed E-state index contributed by atoms with van der Waals surface area (Å²) in [6.07, 6.45) is 0.